The zero-order valence-electron chi connectivity index (χ0n) is 15.4. The molecule has 3 heterocycles. The van der Waals surface area contributed by atoms with E-state index in [1.54, 1.807) is 6.20 Å². The summed E-state index contributed by atoms with van der Waals surface area (Å²) in [4.78, 5) is 4.45. The molecule has 1 aromatic heterocycles. The first-order valence-corrected chi connectivity index (χ1v) is 9.68. The van der Waals surface area contributed by atoms with Gasteiger partial charge in [-0.3, -0.25) is 4.98 Å². The van der Waals surface area contributed by atoms with E-state index in [4.69, 9.17) is 16.3 Å². The maximum Gasteiger partial charge on any atom is 0.123 e. The average Bonchev–Trinajstić information content (AvgIpc) is 2.69. The third-order valence-corrected chi connectivity index (χ3v) is 6.16. The Kier molecular flexibility index (Phi) is 6.41. The highest BCUT2D eigenvalue weighted by atomic mass is 35.5. The number of piperidine rings is 1. The van der Waals surface area contributed by atoms with Gasteiger partial charge in [-0.2, -0.15) is 0 Å². The lowest BCUT2D eigenvalue weighted by Gasteiger charge is -2.41. The van der Waals surface area contributed by atoms with Crippen molar-refractivity contribution >= 4 is 47.3 Å². The van der Waals surface area contributed by atoms with E-state index in [0.29, 0.717) is 0 Å². The number of pyridine rings is 1. The summed E-state index contributed by atoms with van der Waals surface area (Å²) < 4.78 is 6.47. The number of aryl methyl sites for hydroxylation is 1. The second-order valence-corrected chi connectivity index (χ2v) is 7.74. The van der Waals surface area contributed by atoms with Crippen LogP contribution in [-0.4, -0.2) is 23.7 Å². The number of rotatable bonds is 1. The normalized spacial score (nSPS) is 17.2. The number of hydrogen-bond acceptors (Lipinski definition) is 3. The summed E-state index contributed by atoms with van der Waals surface area (Å²) in [5, 5.41) is 5.21. The van der Waals surface area contributed by atoms with Crippen LogP contribution >= 0.6 is 36.4 Å². The second-order valence-electron chi connectivity index (χ2n) is 7.36. The van der Waals surface area contributed by atoms with Crippen LogP contribution in [0.2, 0.25) is 5.02 Å². The number of ether oxygens (including phenoxy) is 1. The molecular formula is C22H23Cl3N2O. The number of benzene rings is 2. The Balaban J connectivity index is 0.00000112. The SMILES string of the molecule is Cl.Cl.Clc1c(-c2ccc3c(c2)CCC2(CCNCC2)O3)ccc2cccnc12. The molecule has 1 saturated heterocycles. The first-order valence-electron chi connectivity index (χ1n) is 9.30. The van der Waals surface area contributed by atoms with Gasteiger partial charge in [-0.25, -0.2) is 0 Å². The molecule has 0 radical (unpaired) electrons. The van der Waals surface area contributed by atoms with Gasteiger partial charge < -0.3 is 10.1 Å². The average molecular weight is 438 g/mol. The second kappa shape index (κ2) is 8.46. The van der Waals surface area contributed by atoms with E-state index in [1.807, 2.05) is 12.1 Å². The van der Waals surface area contributed by atoms with E-state index in [-0.39, 0.29) is 30.4 Å². The Morgan fingerprint density at radius 1 is 1.00 bits per heavy atom. The van der Waals surface area contributed by atoms with Gasteiger partial charge in [0.15, 0.2) is 0 Å². The van der Waals surface area contributed by atoms with Gasteiger partial charge in [0.05, 0.1) is 10.5 Å². The molecule has 3 aromatic rings. The minimum absolute atomic E-state index is 0. The van der Waals surface area contributed by atoms with Crippen molar-refractivity contribution in [3.05, 3.63) is 59.2 Å². The Hall–Kier alpha value is -1.52. The lowest BCUT2D eigenvalue weighted by molar-refractivity contribution is 0.0170. The smallest absolute Gasteiger partial charge is 0.123 e. The Bertz CT molecular complexity index is 987. The molecule has 2 aromatic carbocycles. The lowest BCUT2D eigenvalue weighted by atomic mass is 9.83. The van der Waals surface area contributed by atoms with Crippen molar-refractivity contribution in [2.24, 2.45) is 0 Å². The van der Waals surface area contributed by atoms with Crippen molar-refractivity contribution < 1.29 is 4.74 Å². The van der Waals surface area contributed by atoms with Gasteiger partial charge in [-0.1, -0.05) is 35.9 Å². The van der Waals surface area contributed by atoms with E-state index >= 15 is 0 Å². The molecular weight excluding hydrogens is 415 g/mol. The molecule has 0 bridgehead atoms. The first-order chi connectivity index (χ1) is 12.7. The van der Waals surface area contributed by atoms with Crippen molar-refractivity contribution in [1.82, 2.24) is 10.3 Å². The van der Waals surface area contributed by atoms with Gasteiger partial charge in [0.1, 0.15) is 11.4 Å². The largest absolute Gasteiger partial charge is 0.487 e. The molecule has 0 atom stereocenters. The maximum absolute atomic E-state index is 6.68. The molecule has 148 valence electrons. The summed E-state index contributed by atoms with van der Waals surface area (Å²) in [6, 6.07) is 14.6. The van der Waals surface area contributed by atoms with Crippen LogP contribution in [0.1, 0.15) is 24.8 Å². The van der Waals surface area contributed by atoms with Crippen LogP contribution < -0.4 is 10.1 Å². The van der Waals surface area contributed by atoms with Crippen LogP contribution in [0.4, 0.5) is 0 Å². The summed E-state index contributed by atoms with van der Waals surface area (Å²) in [6.07, 6.45) is 6.13. The predicted molar refractivity (Wildman–Crippen MR) is 120 cm³/mol. The molecule has 6 heteroatoms. The molecule has 2 aliphatic rings. The zero-order valence-corrected chi connectivity index (χ0v) is 17.8. The van der Waals surface area contributed by atoms with Crippen molar-refractivity contribution in [2.45, 2.75) is 31.3 Å². The first kappa shape index (κ1) is 21.2. The van der Waals surface area contributed by atoms with Crippen LogP contribution in [-0.2, 0) is 6.42 Å². The number of nitrogens with one attached hydrogen (secondary N) is 1. The van der Waals surface area contributed by atoms with Crippen LogP contribution in [0, 0.1) is 0 Å². The summed E-state index contributed by atoms with van der Waals surface area (Å²) in [7, 11) is 0. The highest BCUT2D eigenvalue weighted by Gasteiger charge is 2.37. The van der Waals surface area contributed by atoms with E-state index < -0.39 is 0 Å². The van der Waals surface area contributed by atoms with Gasteiger partial charge in [0.2, 0.25) is 0 Å². The quantitative estimate of drug-likeness (QED) is 0.519. The van der Waals surface area contributed by atoms with Crippen LogP contribution in [0.3, 0.4) is 0 Å². The standard InChI is InChI=1S/C22H21ClN2O.2ClH/c23-20-18(5-3-15-2-1-11-25-21(15)20)16-4-6-19-17(14-16)7-8-22(26-19)9-12-24-13-10-22;;/h1-6,11,14,24H,7-10,12-13H2;2*1H. The topological polar surface area (TPSA) is 34.1 Å². The van der Waals surface area contributed by atoms with Gasteiger partial charge in [0, 0.05) is 17.1 Å². The molecule has 28 heavy (non-hydrogen) atoms. The highest BCUT2D eigenvalue weighted by Crippen LogP contribution is 2.41. The predicted octanol–water partition coefficient (Wildman–Crippen LogP) is 5.85. The summed E-state index contributed by atoms with van der Waals surface area (Å²) >= 11 is 6.68. The molecule has 5 rings (SSSR count). The summed E-state index contributed by atoms with van der Waals surface area (Å²) in [5.74, 6) is 1.04. The van der Waals surface area contributed by atoms with E-state index in [0.717, 1.165) is 71.6 Å². The van der Waals surface area contributed by atoms with Crippen molar-refractivity contribution in [3.8, 4) is 16.9 Å². The highest BCUT2D eigenvalue weighted by molar-refractivity contribution is 6.37. The van der Waals surface area contributed by atoms with Gasteiger partial charge in [-0.15, -0.1) is 24.8 Å². The molecule has 1 fully saturated rings. The van der Waals surface area contributed by atoms with E-state index in [1.165, 1.54) is 5.56 Å². The molecule has 0 saturated carbocycles. The summed E-state index contributed by atoms with van der Waals surface area (Å²) in [6.45, 7) is 2.10. The van der Waals surface area contributed by atoms with E-state index in [2.05, 4.69) is 40.6 Å². The molecule has 1 spiro atoms. The number of aromatic nitrogens is 1. The monoisotopic (exact) mass is 436 g/mol. The van der Waals surface area contributed by atoms with Crippen LogP contribution in [0.15, 0.2) is 48.7 Å². The fourth-order valence-electron chi connectivity index (χ4n) is 4.26. The third kappa shape index (κ3) is 3.69. The molecule has 3 nitrogen and oxygen atoms in total. The van der Waals surface area contributed by atoms with Gasteiger partial charge >= 0.3 is 0 Å². The minimum Gasteiger partial charge on any atom is -0.487 e. The number of fused-ring (bicyclic) bond motifs is 2. The van der Waals surface area contributed by atoms with Crippen molar-refractivity contribution in [3.63, 3.8) is 0 Å². The molecule has 0 unspecified atom stereocenters. The minimum atomic E-state index is 0. The third-order valence-electron chi connectivity index (χ3n) is 5.78. The van der Waals surface area contributed by atoms with Crippen LogP contribution in [0.5, 0.6) is 5.75 Å². The fraction of sp³-hybridized carbons (Fsp3) is 0.318. The van der Waals surface area contributed by atoms with Gasteiger partial charge in [-0.05, 0) is 68.1 Å². The van der Waals surface area contributed by atoms with Crippen LogP contribution in [0.25, 0.3) is 22.0 Å². The maximum atomic E-state index is 6.68. The molecule has 0 amide bonds. The van der Waals surface area contributed by atoms with Crippen molar-refractivity contribution in [2.75, 3.05) is 13.1 Å². The molecule has 0 aliphatic carbocycles. The Morgan fingerprint density at radius 2 is 1.82 bits per heavy atom. The van der Waals surface area contributed by atoms with Gasteiger partial charge in [0.25, 0.3) is 0 Å². The lowest BCUT2D eigenvalue weighted by Crippen LogP contribution is -2.48. The number of hydrogen-bond donors (Lipinski definition) is 1. The Labute approximate surface area is 182 Å². The van der Waals surface area contributed by atoms with E-state index in [9.17, 15) is 0 Å². The Morgan fingerprint density at radius 3 is 2.64 bits per heavy atom. The number of halogens is 3. The number of nitrogens with zero attached hydrogens (tertiary/aromatic N) is 1. The fourth-order valence-corrected chi connectivity index (χ4v) is 4.59. The summed E-state index contributed by atoms with van der Waals surface area (Å²) in [5.41, 5.74) is 4.33. The molecule has 2 aliphatic heterocycles. The van der Waals surface area contributed by atoms with Crippen molar-refractivity contribution in [1.29, 1.82) is 0 Å². The zero-order chi connectivity index (χ0) is 17.6. The molecule has 1 N–H and O–H groups in total.